The molecule has 0 unspecified atom stereocenters. The summed E-state index contributed by atoms with van der Waals surface area (Å²) >= 11 is 0. The van der Waals surface area contributed by atoms with E-state index in [9.17, 15) is 9.59 Å². The van der Waals surface area contributed by atoms with Crippen molar-refractivity contribution in [3.63, 3.8) is 0 Å². The molecule has 1 aliphatic heterocycles. The second-order valence-electron chi connectivity index (χ2n) is 8.83. The molecule has 8 nitrogen and oxygen atoms in total. The lowest BCUT2D eigenvalue weighted by molar-refractivity contribution is -0.141. The zero-order chi connectivity index (χ0) is 27.1. The van der Waals surface area contributed by atoms with Crippen LogP contribution in [0.25, 0.3) is 0 Å². The highest BCUT2D eigenvalue weighted by atomic mass is 16.5. The summed E-state index contributed by atoms with van der Waals surface area (Å²) in [4.78, 5) is 27.4. The molecule has 0 bridgehead atoms. The van der Waals surface area contributed by atoms with E-state index < -0.39 is 12.1 Å². The summed E-state index contributed by atoms with van der Waals surface area (Å²) in [7, 11) is 3.19. The van der Waals surface area contributed by atoms with E-state index in [4.69, 9.17) is 23.7 Å². The maximum Gasteiger partial charge on any atom is 0.338 e. The van der Waals surface area contributed by atoms with Crippen molar-refractivity contribution in [3.8, 4) is 23.0 Å². The molecular formula is C30H33NO7. The van der Waals surface area contributed by atoms with E-state index in [1.165, 1.54) is 0 Å². The van der Waals surface area contributed by atoms with Crippen LogP contribution in [-0.2, 0) is 16.0 Å². The van der Waals surface area contributed by atoms with Gasteiger partial charge in [0, 0.05) is 6.54 Å². The Morgan fingerprint density at radius 3 is 2.29 bits per heavy atom. The summed E-state index contributed by atoms with van der Waals surface area (Å²) in [6.45, 7) is 4.53. The van der Waals surface area contributed by atoms with Crippen LogP contribution in [0, 0.1) is 0 Å². The van der Waals surface area contributed by atoms with Gasteiger partial charge in [0.1, 0.15) is 18.1 Å². The Labute approximate surface area is 223 Å². The Morgan fingerprint density at radius 2 is 1.63 bits per heavy atom. The van der Waals surface area contributed by atoms with Gasteiger partial charge in [-0.25, -0.2) is 4.79 Å². The van der Waals surface area contributed by atoms with Crippen LogP contribution in [0.3, 0.4) is 0 Å². The molecule has 0 aromatic heterocycles. The van der Waals surface area contributed by atoms with Gasteiger partial charge in [-0.2, -0.15) is 0 Å². The van der Waals surface area contributed by atoms with Crippen molar-refractivity contribution in [3.05, 3.63) is 83.4 Å². The fourth-order valence-electron chi connectivity index (χ4n) is 4.54. The molecule has 0 saturated heterocycles. The van der Waals surface area contributed by atoms with Crippen LogP contribution in [0.4, 0.5) is 0 Å². The van der Waals surface area contributed by atoms with Crippen molar-refractivity contribution in [2.45, 2.75) is 32.4 Å². The molecule has 1 amide bonds. The van der Waals surface area contributed by atoms with E-state index >= 15 is 0 Å². The number of hydrogen-bond donors (Lipinski definition) is 0. The van der Waals surface area contributed by atoms with E-state index in [1.54, 1.807) is 57.2 Å². The minimum atomic E-state index is -0.689. The fourth-order valence-corrected chi connectivity index (χ4v) is 4.54. The van der Waals surface area contributed by atoms with Crippen molar-refractivity contribution in [2.24, 2.45) is 0 Å². The second-order valence-corrected chi connectivity index (χ2v) is 8.83. The molecule has 0 N–H and O–H groups in total. The lowest BCUT2D eigenvalue weighted by Gasteiger charge is -2.38. The molecular weight excluding hydrogens is 486 g/mol. The second kappa shape index (κ2) is 12.4. The average Bonchev–Trinajstić information content (AvgIpc) is 2.95. The highest BCUT2D eigenvalue weighted by Crippen LogP contribution is 2.39. The molecule has 1 aliphatic rings. The Balaban J connectivity index is 1.59. The Kier molecular flexibility index (Phi) is 8.73. The first kappa shape index (κ1) is 26.9. The van der Waals surface area contributed by atoms with Gasteiger partial charge in [-0.3, -0.25) is 4.79 Å². The topological polar surface area (TPSA) is 83.5 Å². The van der Waals surface area contributed by atoms with E-state index in [2.05, 4.69) is 0 Å². The highest BCUT2D eigenvalue weighted by Gasteiger charge is 2.35. The molecule has 3 aromatic carbocycles. The summed E-state index contributed by atoms with van der Waals surface area (Å²) in [5, 5.41) is 0. The first-order chi connectivity index (χ1) is 18.4. The predicted molar refractivity (Wildman–Crippen MR) is 142 cm³/mol. The number of esters is 1. The van der Waals surface area contributed by atoms with Crippen LogP contribution in [0.5, 0.6) is 23.0 Å². The Bertz CT molecular complexity index is 1240. The molecule has 3 aromatic rings. The number of carbonyl (C=O) groups is 2. The predicted octanol–water partition coefficient (Wildman–Crippen LogP) is 4.85. The minimum Gasteiger partial charge on any atom is -0.493 e. The van der Waals surface area contributed by atoms with Crippen molar-refractivity contribution >= 4 is 11.9 Å². The number of carbonyl (C=O) groups excluding carboxylic acids is 2. The number of ether oxygens (including phenoxy) is 5. The van der Waals surface area contributed by atoms with Crippen LogP contribution in [0.15, 0.2) is 66.7 Å². The van der Waals surface area contributed by atoms with Crippen LogP contribution in [0.1, 0.15) is 41.4 Å². The third-order valence-corrected chi connectivity index (χ3v) is 6.46. The molecule has 0 spiro atoms. The first-order valence-corrected chi connectivity index (χ1v) is 12.6. The lowest BCUT2D eigenvalue weighted by Crippen LogP contribution is -2.47. The molecule has 2 atom stereocenters. The van der Waals surface area contributed by atoms with Gasteiger partial charge in [0.25, 0.3) is 5.91 Å². The van der Waals surface area contributed by atoms with Crippen LogP contribution in [-0.4, -0.2) is 56.9 Å². The quantitative estimate of drug-likeness (QED) is 0.354. The number of methoxy groups -OCH3 is 2. The molecule has 200 valence electrons. The van der Waals surface area contributed by atoms with Gasteiger partial charge in [0.2, 0.25) is 0 Å². The highest BCUT2D eigenvalue weighted by molar-refractivity contribution is 5.89. The third kappa shape index (κ3) is 6.02. The normalized spacial score (nSPS) is 15.2. The molecule has 8 heteroatoms. The van der Waals surface area contributed by atoms with Crippen LogP contribution >= 0.6 is 0 Å². The number of benzene rings is 3. The van der Waals surface area contributed by atoms with Gasteiger partial charge in [-0.1, -0.05) is 18.2 Å². The number of para-hydroxylation sites is 1. The van der Waals surface area contributed by atoms with Crippen molar-refractivity contribution in [1.29, 1.82) is 0 Å². The molecule has 4 rings (SSSR count). The number of hydrogen-bond acceptors (Lipinski definition) is 7. The number of nitrogens with zero attached hydrogens (tertiary/aromatic N) is 1. The van der Waals surface area contributed by atoms with Crippen molar-refractivity contribution in [1.82, 2.24) is 4.90 Å². The van der Waals surface area contributed by atoms with Crippen molar-refractivity contribution in [2.75, 3.05) is 34.0 Å². The van der Waals surface area contributed by atoms with Gasteiger partial charge in [-0.15, -0.1) is 0 Å². The summed E-state index contributed by atoms with van der Waals surface area (Å²) in [5.74, 6) is 1.91. The Morgan fingerprint density at radius 1 is 0.947 bits per heavy atom. The van der Waals surface area contributed by atoms with E-state index in [1.807, 2.05) is 42.5 Å². The van der Waals surface area contributed by atoms with E-state index in [-0.39, 0.29) is 18.5 Å². The number of rotatable bonds is 10. The van der Waals surface area contributed by atoms with Crippen molar-refractivity contribution < 1.29 is 33.3 Å². The van der Waals surface area contributed by atoms with Gasteiger partial charge in [-0.05, 0) is 79.9 Å². The first-order valence-electron chi connectivity index (χ1n) is 12.6. The van der Waals surface area contributed by atoms with Crippen LogP contribution < -0.4 is 18.9 Å². The van der Waals surface area contributed by atoms with Gasteiger partial charge >= 0.3 is 5.97 Å². The maximum atomic E-state index is 13.6. The zero-order valence-corrected chi connectivity index (χ0v) is 22.1. The Hall–Kier alpha value is -4.20. The average molecular weight is 520 g/mol. The molecule has 38 heavy (non-hydrogen) atoms. The summed E-state index contributed by atoms with van der Waals surface area (Å²) in [6, 6.07) is 19.5. The van der Waals surface area contributed by atoms with Gasteiger partial charge in [0.05, 0.1) is 32.4 Å². The largest absolute Gasteiger partial charge is 0.493 e. The van der Waals surface area contributed by atoms with E-state index in [0.717, 1.165) is 11.1 Å². The smallest absolute Gasteiger partial charge is 0.338 e. The fraction of sp³-hybridized carbons (Fsp3) is 0.333. The summed E-state index contributed by atoms with van der Waals surface area (Å²) < 4.78 is 28.2. The number of fused-ring (bicyclic) bond motifs is 1. The molecule has 0 fully saturated rings. The standard InChI is InChI=1S/C30H33NO7/c1-5-36-30(33)21-11-13-23(14-12-21)37-19-26-25-18-28(35-4)27(34-3)17-22(25)15-16-31(26)29(32)20(2)38-24-9-7-6-8-10-24/h6-14,17-18,20,26H,5,15-16,19H2,1-4H3/t20-,26-/m0/s1. The SMILES string of the molecule is CCOC(=O)c1ccc(OC[C@H]2c3cc(OC)c(OC)cc3CCN2C(=O)[C@H](C)Oc2ccccc2)cc1. The van der Waals surface area contributed by atoms with Gasteiger partial charge < -0.3 is 28.6 Å². The lowest BCUT2D eigenvalue weighted by atomic mass is 9.91. The monoisotopic (exact) mass is 519 g/mol. The van der Waals surface area contributed by atoms with Gasteiger partial charge in [0.15, 0.2) is 17.6 Å². The van der Waals surface area contributed by atoms with Crippen LogP contribution in [0.2, 0.25) is 0 Å². The summed E-state index contributed by atoms with van der Waals surface area (Å²) in [5.41, 5.74) is 2.44. The third-order valence-electron chi connectivity index (χ3n) is 6.46. The molecule has 0 saturated carbocycles. The molecule has 0 radical (unpaired) electrons. The summed E-state index contributed by atoms with van der Waals surface area (Å²) in [6.07, 6.45) is -0.0324. The minimum absolute atomic E-state index is 0.138. The molecule has 1 heterocycles. The zero-order valence-electron chi connectivity index (χ0n) is 22.1. The number of amides is 1. The molecule has 0 aliphatic carbocycles. The van der Waals surface area contributed by atoms with E-state index in [0.29, 0.717) is 48.1 Å². The maximum absolute atomic E-state index is 13.6.